The standard InChI is InChI=1S/C18H22O5/c1-4-22-15(20)18(16(21)23-5-2)10-11(3)17-8-6-7-12(14(17)19)9-13(17)18/h6-7,12-13H,3-5,8-10H2,1-2H3. The molecule has 3 aliphatic rings. The fourth-order valence-electron chi connectivity index (χ4n) is 4.73. The lowest BCUT2D eigenvalue weighted by molar-refractivity contribution is -0.176. The summed E-state index contributed by atoms with van der Waals surface area (Å²) in [7, 11) is 0. The van der Waals surface area contributed by atoms with Crippen LogP contribution in [0.5, 0.6) is 0 Å². The minimum atomic E-state index is -1.43. The van der Waals surface area contributed by atoms with E-state index in [1.54, 1.807) is 13.8 Å². The molecule has 0 aromatic heterocycles. The van der Waals surface area contributed by atoms with Gasteiger partial charge in [-0.05, 0) is 33.1 Å². The first kappa shape index (κ1) is 16.0. The molecular weight excluding hydrogens is 296 g/mol. The first-order valence-corrected chi connectivity index (χ1v) is 8.18. The molecule has 124 valence electrons. The predicted molar refractivity (Wildman–Crippen MR) is 82.3 cm³/mol. The number of rotatable bonds is 4. The molecular formula is C18H22O5. The van der Waals surface area contributed by atoms with Crippen LogP contribution in [0, 0.1) is 22.7 Å². The molecule has 3 aliphatic carbocycles. The Balaban J connectivity index is 2.12. The van der Waals surface area contributed by atoms with E-state index in [4.69, 9.17) is 9.47 Å². The molecule has 2 saturated carbocycles. The lowest BCUT2D eigenvalue weighted by Gasteiger charge is -2.34. The summed E-state index contributed by atoms with van der Waals surface area (Å²) in [5.41, 5.74) is -1.57. The average Bonchev–Trinajstić information content (AvgIpc) is 2.83. The van der Waals surface area contributed by atoms with Crippen molar-refractivity contribution in [2.45, 2.75) is 33.1 Å². The fourth-order valence-corrected chi connectivity index (χ4v) is 4.73. The molecule has 2 bridgehead atoms. The van der Waals surface area contributed by atoms with Gasteiger partial charge in [-0.25, -0.2) is 0 Å². The molecule has 0 aromatic rings. The molecule has 0 radical (unpaired) electrons. The molecule has 5 nitrogen and oxygen atoms in total. The summed E-state index contributed by atoms with van der Waals surface area (Å²) in [4.78, 5) is 38.4. The van der Waals surface area contributed by atoms with Gasteiger partial charge in [0, 0.05) is 11.8 Å². The van der Waals surface area contributed by atoms with Crippen LogP contribution in [0.2, 0.25) is 0 Å². The number of hydrogen-bond donors (Lipinski definition) is 0. The highest BCUT2D eigenvalue weighted by molar-refractivity contribution is 6.06. The molecule has 3 rings (SSSR count). The van der Waals surface area contributed by atoms with Crippen molar-refractivity contribution in [3.8, 4) is 0 Å². The molecule has 0 aromatic carbocycles. The topological polar surface area (TPSA) is 69.7 Å². The number of carbonyl (C=O) groups is 3. The first-order valence-electron chi connectivity index (χ1n) is 8.18. The summed E-state index contributed by atoms with van der Waals surface area (Å²) in [5, 5.41) is 0. The zero-order valence-corrected chi connectivity index (χ0v) is 13.6. The smallest absolute Gasteiger partial charge is 0.324 e. The number of ether oxygens (including phenoxy) is 2. The highest BCUT2D eigenvalue weighted by Crippen LogP contribution is 2.67. The van der Waals surface area contributed by atoms with E-state index in [1.807, 2.05) is 12.2 Å². The molecule has 2 fully saturated rings. The Labute approximate surface area is 135 Å². The second-order valence-corrected chi connectivity index (χ2v) is 6.56. The summed E-state index contributed by atoms with van der Waals surface area (Å²) < 4.78 is 10.4. The average molecular weight is 318 g/mol. The Kier molecular flexibility index (Phi) is 3.69. The van der Waals surface area contributed by atoms with E-state index in [9.17, 15) is 14.4 Å². The number of carbonyl (C=O) groups excluding carboxylic acids is 3. The number of ketones is 1. The van der Waals surface area contributed by atoms with Crippen molar-refractivity contribution < 1.29 is 23.9 Å². The minimum absolute atomic E-state index is 0.0884. The van der Waals surface area contributed by atoms with E-state index in [0.29, 0.717) is 18.4 Å². The van der Waals surface area contributed by atoms with Crippen LogP contribution in [0.4, 0.5) is 0 Å². The van der Waals surface area contributed by atoms with Gasteiger partial charge in [-0.3, -0.25) is 14.4 Å². The van der Waals surface area contributed by atoms with E-state index in [0.717, 1.165) is 0 Å². The molecule has 23 heavy (non-hydrogen) atoms. The van der Waals surface area contributed by atoms with E-state index in [1.165, 1.54) is 0 Å². The van der Waals surface area contributed by atoms with Gasteiger partial charge in [-0.1, -0.05) is 24.3 Å². The molecule has 0 amide bonds. The van der Waals surface area contributed by atoms with E-state index >= 15 is 0 Å². The Morgan fingerprint density at radius 1 is 1.26 bits per heavy atom. The van der Waals surface area contributed by atoms with E-state index < -0.39 is 28.7 Å². The van der Waals surface area contributed by atoms with Crippen molar-refractivity contribution in [1.82, 2.24) is 0 Å². The Hall–Kier alpha value is -1.91. The molecule has 0 saturated heterocycles. The quantitative estimate of drug-likeness (QED) is 0.451. The molecule has 3 unspecified atom stereocenters. The van der Waals surface area contributed by atoms with Crippen molar-refractivity contribution in [2.24, 2.45) is 22.7 Å². The molecule has 5 heteroatoms. The molecule has 0 aliphatic heterocycles. The highest BCUT2D eigenvalue weighted by atomic mass is 16.6. The summed E-state index contributed by atoms with van der Waals surface area (Å²) in [6.07, 6.45) is 4.99. The monoisotopic (exact) mass is 318 g/mol. The lowest BCUT2D eigenvalue weighted by Crippen LogP contribution is -2.47. The van der Waals surface area contributed by atoms with Gasteiger partial charge in [-0.2, -0.15) is 0 Å². The van der Waals surface area contributed by atoms with Gasteiger partial charge < -0.3 is 9.47 Å². The first-order chi connectivity index (χ1) is 10.9. The number of esters is 2. The summed E-state index contributed by atoms with van der Waals surface area (Å²) >= 11 is 0. The Morgan fingerprint density at radius 2 is 1.87 bits per heavy atom. The van der Waals surface area contributed by atoms with Gasteiger partial charge in [-0.15, -0.1) is 0 Å². The third-order valence-electron chi connectivity index (χ3n) is 5.67. The molecule has 0 N–H and O–H groups in total. The lowest BCUT2D eigenvalue weighted by atomic mass is 9.67. The number of hydrogen-bond acceptors (Lipinski definition) is 5. The maximum atomic E-state index is 12.8. The van der Waals surface area contributed by atoms with E-state index in [2.05, 4.69) is 6.58 Å². The zero-order chi connectivity index (χ0) is 16.8. The third-order valence-corrected chi connectivity index (χ3v) is 5.67. The van der Waals surface area contributed by atoms with Gasteiger partial charge in [0.05, 0.1) is 18.6 Å². The number of fused-ring (bicyclic) bond motifs is 1. The predicted octanol–water partition coefficient (Wildman–Crippen LogP) is 2.21. The van der Waals surface area contributed by atoms with Crippen molar-refractivity contribution in [3.63, 3.8) is 0 Å². The van der Waals surface area contributed by atoms with Crippen molar-refractivity contribution >= 4 is 17.7 Å². The molecule has 1 spiro atoms. The summed E-state index contributed by atoms with van der Waals surface area (Å²) in [6.45, 7) is 7.84. The maximum absolute atomic E-state index is 12.8. The van der Waals surface area contributed by atoms with Crippen LogP contribution in [-0.2, 0) is 23.9 Å². The Bertz CT molecular complexity index is 599. The second kappa shape index (κ2) is 5.32. The minimum Gasteiger partial charge on any atom is -0.465 e. The largest absolute Gasteiger partial charge is 0.465 e. The van der Waals surface area contributed by atoms with Crippen molar-refractivity contribution in [1.29, 1.82) is 0 Å². The van der Waals surface area contributed by atoms with Gasteiger partial charge in [0.1, 0.15) is 0 Å². The van der Waals surface area contributed by atoms with Gasteiger partial charge in [0.2, 0.25) is 0 Å². The van der Waals surface area contributed by atoms with Crippen LogP contribution in [0.15, 0.2) is 24.3 Å². The number of Topliss-reactive ketones (excluding diaryl/α,β-unsaturated/α-hetero) is 1. The molecule has 3 atom stereocenters. The van der Waals surface area contributed by atoms with Crippen LogP contribution in [0.1, 0.15) is 33.1 Å². The maximum Gasteiger partial charge on any atom is 0.324 e. The molecule has 0 heterocycles. The normalized spacial score (nSPS) is 33.5. The van der Waals surface area contributed by atoms with Crippen molar-refractivity contribution in [2.75, 3.05) is 13.2 Å². The second-order valence-electron chi connectivity index (χ2n) is 6.56. The van der Waals surface area contributed by atoms with Crippen LogP contribution >= 0.6 is 0 Å². The van der Waals surface area contributed by atoms with Crippen LogP contribution < -0.4 is 0 Å². The van der Waals surface area contributed by atoms with Crippen LogP contribution in [0.25, 0.3) is 0 Å². The van der Waals surface area contributed by atoms with E-state index in [-0.39, 0.29) is 31.3 Å². The summed E-state index contributed by atoms with van der Waals surface area (Å²) in [5.74, 6) is -1.74. The zero-order valence-electron chi connectivity index (χ0n) is 13.6. The highest BCUT2D eigenvalue weighted by Gasteiger charge is 2.73. The third kappa shape index (κ3) is 1.82. The fraction of sp³-hybridized carbons (Fsp3) is 0.611. The van der Waals surface area contributed by atoms with Crippen molar-refractivity contribution in [3.05, 3.63) is 24.3 Å². The number of allylic oxidation sites excluding steroid dienone is 3. The van der Waals surface area contributed by atoms with Gasteiger partial charge in [0.25, 0.3) is 0 Å². The van der Waals surface area contributed by atoms with Gasteiger partial charge >= 0.3 is 11.9 Å². The van der Waals surface area contributed by atoms with Gasteiger partial charge in [0.15, 0.2) is 11.2 Å². The van der Waals surface area contributed by atoms with Crippen LogP contribution in [0.3, 0.4) is 0 Å². The van der Waals surface area contributed by atoms with Crippen LogP contribution in [-0.4, -0.2) is 30.9 Å². The summed E-state index contributed by atoms with van der Waals surface area (Å²) in [6, 6.07) is 0. The Morgan fingerprint density at radius 3 is 2.43 bits per heavy atom. The SMILES string of the molecule is C=C1CC(C(=O)OCC)(C(=O)OCC)C2CC3C=CCC12C3=O.